The molecule has 1 aromatic carbocycles. The molecular formula is C17H27ClN4O. The third-order valence-electron chi connectivity index (χ3n) is 3.54. The van der Waals surface area contributed by atoms with Crippen LogP contribution in [0.15, 0.2) is 23.2 Å². The Balaban J connectivity index is 2.76. The van der Waals surface area contributed by atoms with Gasteiger partial charge in [0.1, 0.15) is 0 Å². The van der Waals surface area contributed by atoms with Crippen LogP contribution in [0, 0.1) is 6.92 Å². The van der Waals surface area contributed by atoms with Gasteiger partial charge in [0, 0.05) is 25.2 Å². The van der Waals surface area contributed by atoms with E-state index in [0.29, 0.717) is 12.5 Å². The third kappa shape index (κ3) is 6.91. The molecule has 0 aromatic heterocycles. The minimum absolute atomic E-state index is 0.00555. The number of nitrogens with zero attached hydrogens (tertiary/aromatic N) is 2. The number of carbonyl (C=O) groups is 1. The maximum absolute atomic E-state index is 11.7. The molecule has 0 aliphatic rings. The van der Waals surface area contributed by atoms with E-state index >= 15 is 0 Å². The number of rotatable bonds is 6. The van der Waals surface area contributed by atoms with Crippen LogP contribution in [0.5, 0.6) is 0 Å². The van der Waals surface area contributed by atoms with E-state index in [1.807, 2.05) is 25.1 Å². The average Bonchev–Trinajstić information content (AvgIpc) is 2.52. The van der Waals surface area contributed by atoms with E-state index in [1.165, 1.54) is 0 Å². The fourth-order valence-electron chi connectivity index (χ4n) is 1.78. The van der Waals surface area contributed by atoms with E-state index < -0.39 is 0 Å². The largest absolute Gasteiger partial charge is 0.354 e. The first-order valence-corrected chi connectivity index (χ1v) is 8.21. The minimum Gasteiger partial charge on any atom is -0.354 e. The zero-order valence-corrected chi connectivity index (χ0v) is 15.4. The lowest BCUT2D eigenvalue weighted by Gasteiger charge is -2.18. The van der Waals surface area contributed by atoms with Gasteiger partial charge in [-0.3, -0.25) is 4.79 Å². The van der Waals surface area contributed by atoms with Gasteiger partial charge in [-0.1, -0.05) is 30.7 Å². The van der Waals surface area contributed by atoms with Gasteiger partial charge in [-0.2, -0.15) is 0 Å². The maximum atomic E-state index is 11.7. The van der Waals surface area contributed by atoms with Gasteiger partial charge < -0.3 is 15.5 Å². The molecule has 0 aliphatic heterocycles. The summed E-state index contributed by atoms with van der Waals surface area (Å²) in [6.45, 7) is 6.90. The van der Waals surface area contributed by atoms with Crippen molar-refractivity contribution in [3.8, 4) is 0 Å². The summed E-state index contributed by atoms with van der Waals surface area (Å²) in [6.07, 6.45) is 0.975. The Kier molecular flexibility index (Phi) is 7.89. The molecular weight excluding hydrogens is 312 g/mol. The van der Waals surface area contributed by atoms with Gasteiger partial charge in [0.15, 0.2) is 5.96 Å². The predicted octanol–water partition coefficient (Wildman–Crippen LogP) is 2.57. The lowest BCUT2D eigenvalue weighted by atomic mass is 10.1. The summed E-state index contributed by atoms with van der Waals surface area (Å²) in [7, 11) is 3.47. The molecule has 5 nitrogen and oxygen atoms in total. The van der Waals surface area contributed by atoms with Crippen molar-refractivity contribution in [3.63, 3.8) is 0 Å². The van der Waals surface area contributed by atoms with Crippen LogP contribution in [0.25, 0.3) is 0 Å². The maximum Gasteiger partial charge on any atom is 0.241 e. The molecule has 6 heteroatoms. The van der Waals surface area contributed by atoms with Gasteiger partial charge in [-0.05, 0) is 37.5 Å². The summed E-state index contributed by atoms with van der Waals surface area (Å²) >= 11 is 6.04. The number of halogens is 1. The first-order valence-electron chi connectivity index (χ1n) is 7.83. The second-order valence-corrected chi connectivity index (χ2v) is 6.25. The minimum atomic E-state index is 0.00555. The van der Waals surface area contributed by atoms with Crippen molar-refractivity contribution >= 4 is 23.5 Å². The van der Waals surface area contributed by atoms with Crippen LogP contribution in [0.3, 0.4) is 0 Å². The summed E-state index contributed by atoms with van der Waals surface area (Å²) in [5, 5.41) is 7.14. The van der Waals surface area contributed by atoms with Gasteiger partial charge in [-0.15, -0.1) is 0 Å². The number of aliphatic imine (C=N–C) groups is 1. The van der Waals surface area contributed by atoms with E-state index in [0.717, 1.165) is 22.6 Å². The highest BCUT2D eigenvalue weighted by molar-refractivity contribution is 6.31. The van der Waals surface area contributed by atoms with Crippen molar-refractivity contribution in [2.24, 2.45) is 4.99 Å². The first-order chi connectivity index (χ1) is 10.8. The summed E-state index contributed by atoms with van der Waals surface area (Å²) < 4.78 is 0. The molecule has 0 saturated heterocycles. The molecule has 0 fully saturated rings. The molecule has 128 valence electrons. The molecule has 0 bridgehead atoms. The zero-order valence-electron chi connectivity index (χ0n) is 14.6. The molecule has 1 atom stereocenters. The molecule has 0 radical (unpaired) electrons. The molecule has 0 saturated carbocycles. The van der Waals surface area contributed by atoms with Crippen LogP contribution in [0.1, 0.15) is 31.4 Å². The number of benzene rings is 1. The van der Waals surface area contributed by atoms with Gasteiger partial charge in [0.25, 0.3) is 0 Å². The number of hydrogen-bond donors (Lipinski definition) is 2. The van der Waals surface area contributed by atoms with Crippen LogP contribution in [-0.2, 0) is 11.3 Å². The van der Waals surface area contributed by atoms with Gasteiger partial charge >= 0.3 is 0 Å². The van der Waals surface area contributed by atoms with Crippen LogP contribution < -0.4 is 10.6 Å². The van der Waals surface area contributed by atoms with Crippen LogP contribution in [0.2, 0.25) is 5.02 Å². The highest BCUT2D eigenvalue weighted by Gasteiger charge is 2.08. The molecule has 1 aromatic rings. The average molecular weight is 339 g/mol. The highest BCUT2D eigenvalue weighted by Crippen LogP contribution is 2.16. The smallest absolute Gasteiger partial charge is 0.241 e. The Labute approximate surface area is 144 Å². The number of nitrogens with one attached hydrogen (secondary N) is 2. The van der Waals surface area contributed by atoms with Crippen molar-refractivity contribution in [1.29, 1.82) is 0 Å². The Morgan fingerprint density at radius 1 is 1.39 bits per heavy atom. The van der Waals surface area contributed by atoms with Crippen molar-refractivity contribution in [2.45, 2.75) is 39.8 Å². The predicted molar refractivity (Wildman–Crippen MR) is 96.9 cm³/mol. The van der Waals surface area contributed by atoms with E-state index in [4.69, 9.17) is 11.6 Å². The molecule has 0 aliphatic carbocycles. The molecule has 23 heavy (non-hydrogen) atoms. The summed E-state index contributed by atoms with van der Waals surface area (Å²) in [5.41, 5.74) is 2.11. The lowest BCUT2D eigenvalue weighted by Crippen LogP contribution is -2.45. The number of carbonyl (C=O) groups excluding carboxylic acids is 1. The molecule has 1 unspecified atom stereocenters. The number of hydrogen-bond acceptors (Lipinski definition) is 2. The number of aryl methyl sites for hydroxylation is 1. The van der Waals surface area contributed by atoms with E-state index in [2.05, 4.69) is 29.5 Å². The van der Waals surface area contributed by atoms with Gasteiger partial charge in [0.2, 0.25) is 5.91 Å². The number of amides is 1. The van der Waals surface area contributed by atoms with Crippen molar-refractivity contribution in [1.82, 2.24) is 15.5 Å². The summed E-state index contributed by atoms with van der Waals surface area (Å²) in [4.78, 5) is 17.8. The second-order valence-electron chi connectivity index (χ2n) is 5.84. The fraction of sp³-hybridized carbons (Fsp3) is 0.529. The normalized spacial score (nSPS) is 12.7. The SMILES string of the molecule is CCC(C)NC(=NCc1ccc(Cl)c(C)c1)NCC(=O)N(C)C. The summed E-state index contributed by atoms with van der Waals surface area (Å²) in [6, 6.07) is 6.15. The highest BCUT2D eigenvalue weighted by atomic mass is 35.5. The van der Waals surface area contributed by atoms with E-state index in [-0.39, 0.29) is 18.5 Å². The van der Waals surface area contributed by atoms with Crippen molar-refractivity contribution < 1.29 is 4.79 Å². The second kappa shape index (κ2) is 9.40. The topological polar surface area (TPSA) is 56.7 Å². The molecule has 1 rings (SSSR count). The van der Waals surface area contributed by atoms with E-state index in [1.54, 1.807) is 19.0 Å². The first kappa shape index (κ1) is 19.3. The third-order valence-corrected chi connectivity index (χ3v) is 3.97. The van der Waals surface area contributed by atoms with Crippen LogP contribution in [0.4, 0.5) is 0 Å². The van der Waals surface area contributed by atoms with Crippen molar-refractivity contribution in [2.75, 3.05) is 20.6 Å². The van der Waals surface area contributed by atoms with Crippen LogP contribution in [-0.4, -0.2) is 43.4 Å². The monoisotopic (exact) mass is 338 g/mol. The standard InChI is InChI=1S/C17H27ClN4O/c1-6-13(3)21-17(20-11-16(23)22(4)5)19-10-14-7-8-15(18)12(2)9-14/h7-9,13H,6,10-11H2,1-5H3,(H2,19,20,21). The summed E-state index contributed by atoms with van der Waals surface area (Å²) in [5.74, 6) is 0.646. The Hall–Kier alpha value is -1.75. The molecule has 2 N–H and O–H groups in total. The fourth-order valence-corrected chi connectivity index (χ4v) is 1.90. The van der Waals surface area contributed by atoms with E-state index in [9.17, 15) is 4.79 Å². The van der Waals surface area contributed by atoms with Gasteiger partial charge in [-0.25, -0.2) is 4.99 Å². The number of guanidine groups is 1. The molecule has 0 heterocycles. The Bertz CT molecular complexity index is 558. The molecule has 0 spiro atoms. The van der Waals surface area contributed by atoms with Gasteiger partial charge in [0.05, 0.1) is 13.1 Å². The zero-order chi connectivity index (χ0) is 17.4. The Morgan fingerprint density at radius 2 is 2.09 bits per heavy atom. The lowest BCUT2D eigenvalue weighted by molar-refractivity contribution is -0.127. The Morgan fingerprint density at radius 3 is 2.65 bits per heavy atom. The molecule has 1 amide bonds. The van der Waals surface area contributed by atoms with Crippen LogP contribution >= 0.6 is 11.6 Å². The number of likely N-dealkylation sites (N-methyl/N-ethyl adjacent to an activating group) is 1. The van der Waals surface area contributed by atoms with Crippen molar-refractivity contribution in [3.05, 3.63) is 34.3 Å². The quantitative estimate of drug-likeness (QED) is 0.619.